The lowest BCUT2D eigenvalue weighted by Gasteiger charge is -2.25. The highest BCUT2D eigenvalue weighted by Crippen LogP contribution is 2.43. The van der Waals surface area contributed by atoms with Crippen molar-refractivity contribution in [3.63, 3.8) is 0 Å². The molecule has 0 radical (unpaired) electrons. The zero-order valence-electron chi connectivity index (χ0n) is 15.5. The summed E-state index contributed by atoms with van der Waals surface area (Å²) in [6, 6.07) is 15.8. The summed E-state index contributed by atoms with van der Waals surface area (Å²) < 4.78 is 8.40. The van der Waals surface area contributed by atoms with Crippen molar-refractivity contribution in [3.8, 4) is 10.9 Å². The second-order valence-electron chi connectivity index (χ2n) is 6.77. The second kappa shape index (κ2) is 6.45. The number of carbonyl (C=O) groups excluding carboxylic acids is 1. The molecule has 4 aromatic rings. The van der Waals surface area contributed by atoms with Gasteiger partial charge in [0.05, 0.1) is 23.0 Å². The van der Waals surface area contributed by atoms with Crippen LogP contribution < -0.4 is 10.1 Å². The Labute approximate surface area is 165 Å². The zero-order chi connectivity index (χ0) is 19.3. The molecule has 2 aromatic heterocycles. The van der Waals surface area contributed by atoms with E-state index in [9.17, 15) is 4.79 Å². The number of rotatable bonds is 3. The SMILES string of the molecule is COc1ccccc1[C@H]1CC(=O)Nc2c1c(C)nn2-c1nc2ccccc2s1. The van der Waals surface area contributed by atoms with Gasteiger partial charge in [0.1, 0.15) is 11.6 Å². The second-order valence-corrected chi connectivity index (χ2v) is 7.78. The lowest BCUT2D eigenvalue weighted by molar-refractivity contribution is -0.116. The van der Waals surface area contributed by atoms with Crippen molar-refractivity contribution in [2.24, 2.45) is 0 Å². The third kappa shape index (κ3) is 2.58. The molecule has 0 saturated heterocycles. The van der Waals surface area contributed by atoms with Crippen molar-refractivity contribution in [1.82, 2.24) is 14.8 Å². The topological polar surface area (TPSA) is 69.0 Å². The van der Waals surface area contributed by atoms with Gasteiger partial charge >= 0.3 is 0 Å². The first-order valence-electron chi connectivity index (χ1n) is 9.04. The molecule has 0 fully saturated rings. The fourth-order valence-electron chi connectivity index (χ4n) is 3.86. The molecule has 1 N–H and O–H groups in total. The van der Waals surface area contributed by atoms with Gasteiger partial charge in [0.25, 0.3) is 0 Å². The maximum atomic E-state index is 12.6. The predicted molar refractivity (Wildman–Crippen MR) is 110 cm³/mol. The summed E-state index contributed by atoms with van der Waals surface area (Å²) in [5, 5.41) is 8.49. The smallest absolute Gasteiger partial charge is 0.226 e. The molecular formula is C21H18N4O2S. The number of hydrogen-bond acceptors (Lipinski definition) is 5. The third-order valence-electron chi connectivity index (χ3n) is 5.08. The number of nitrogens with one attached hydrogen (secondary N) is 1. The predicted octanol–water partition coefficient (Wildman–Crippen LogP) is 4.27. The molecule has 0 bridgehead atoms. The molecule has 28 heavy (non-hydrogen) atoms. The molecule has 1 amide bonds. The maximum Gasteiger partial charge on any atom is 0.226 e. The van der Waals surface area contributed by atoms with Crippen LogP contribution in [-0.2, 0) is 4.79 Å². The molecule has 0 aliphatic carbocycles. The molecule has 0 saturated carbocycles. The van der Waals surface area contributed by atoms with Gasteiger partial charge in [0.2, 0.25) is 11.0 Å². The lowest BCUT2D eigenvalue weighted by Crippen LogP contribution is -2.25. The Kier molecular flexibility index (Phi) is 3.91. The standard InChI is InChI=1S/C21H18N4O2S/c1-12-19-14(13-7-3-5-9-16(13)27-2)11-18(26)23-20(19)25(24-12)21-22-15-8-4-6-10-17(15)28-21/h3-10,14H,11H2,1-2H3,(H,23,26)/t14-/m1/s1. The van der Waals surface area contributed by atoms with E-state index < -0.39 is 0 Å². The fourth-order valence-corrected chi connectivity index (χ4v) is 4.78. The van der Waals surface area contributed by atoms with E-state index in [1.54, 1.807) is 23.1 Å². The number of nitrogens with zero attached hydrogens (tertiary/aromatic N) is 3. The minimum atomic E-state index is -0.108. The number of methoxy groups -OCH3 is 1. The number of amides is 1. The monoisotopic (exact) mass is 390 g/mol. The van der Waals surface area contributed by atoms with Gasteiger partial charge in [-0.25, -0.2) is 4.98 Å². The summed E-state index contributed by atoms with van der Waals surface area (Å²) in [6.07, 6.45) is 0.361. The molecule has 140 valence electrons. The minimum Gasteiger partial charge on any atom is -0.496 e. The van der Waals surface area contributed by atoms with Crippen LogP contribution in [0, 0.1) is 6.92 Å². The molecular weight excluding hydrogens is 372 g/mol. The first-order chi connectivity index (χ1) is 13.7. The molecule has 1 aliphatic heterocycles. The van der Waals surface area contributed by atoms with Crippen molar-refractivity contribution >= 4 is 33.3 Å². The van der Waals surface area contributed by atoms with Gasteiger partial charge in [0.15, 0.2) is 0 Å². The van der Waals surface area contributed by atoms with Crippen LogP contribution in [-0.4, -0.2) is 27.8 Å². The molecule has 1 atom stereocenters. The Bertz CT molecular complexity index is 1180. The van der Waals surface area contributed by atoms with Crippen LogP contribution in [0.15, 0.2) is 48.5 Å². The van der Waals surface area contributed by atoms with Crippen LogP contribution in [0.2, 0.25) is 0 Å². The van der Waals surface area contributed by atoms with E-state index in [2.05, 4.69) is 5.32 Å². The number of carbonyl (C=O) groups is 1. The summed E-state index contributed by atoms with van der Waals surface area (Å²) in [5.74, 6) is 1.33. The Balaban J connectivity index is 1.69. The van der Waals surface area contributed by atoms with Crippen molar-refractivity contribution in [3.05, 3.63) is 65.4 Å². The highest BCUT2D eigenvalue weighted by atomic mass is 32.1. The number of anilines is 1. The molecule has 0 unspecified atom stereocenters. The van der Waals surface area contributed by atoms with Gasteiger partial charge in [-0.05, 0) is 25.1 Å². The normalized spacial score (nSPS) is 16.1. The van der Waals surface area contributed by atoms with Gasteiger partial charge in [0, 0.05) is 23.5 Å². The van der Waals surface area contributed by atoms with Crippen LogP contribution in [0.1, 0.15) is 29.2 Å². The van der Waals surface area contributed by atoms with Crippen LogP contribution in [0.25, 0.3) is 15.3 Å². The van der Waals surface area contributed by atoms with Gasteiger partial charge < -0.3 is 10.1 Å². The maximum absolute atomic E-state index is 12.6. The van der Waals surface area contributed by atoms with E-state index in [1.165, 1.54) is 0 Å². The number of benzene rings is 2. The Morgan fingerprint density at radius 2 is 1.96 bits per heavy atom. The summed E-state index contributed by atoms with van der Waals surface area (Å²) in [6.45, 7) is 1.97. The zero-order valence-corrected chi connectivity index (χ0v) is 16.3. The number of ether oxygens (including phenoxy) is 1. The molecule has 0 spiro atoms. The van der Waals surface area contributed by atoms with Gasteiger partial charge in [-0.1, -0.05) is 41.7 Å². The summed E-state index contributed by atoms with van der Waals surface area (Å²) >= 11 is 1.56. The van der Waals surface area contributed by atoms with E-state index in [4.69, 9.17) is 14.8 Å². The molecule has 7 heteroatoms. The van der Waals surface area contributed by atoms with E-state index in [-0.39, 0.29) is 11.8 Å². The van der Waals surface area contributed by atoms with Crippen molar-refractivity contribution in [1.29, 1.82) is 0 Å². The third-order valence-corrected chi connectivity index (χ3v) is 6.09. The van der Waals surface area contributed by atoms with E-state index in [1.807, 2.05) is 55.5 Å². The van der Waals surface area contributed by atoms with E-state index in [0.717, 1.165) is 37.9 Å². The van der Waals surface area contributed by atoms with E-state index >= 15 is 0 Å². The Hall–Kier alpha value is -3.19. The number of hydrogen-bond donors (Lipinski definition) is 1. The number of para-hydroxylation sites is 2. The van der Waals surface area contributed by atoms with Crippen LogP contribution in [0.3, 0.4) is 0 Å². The first kappa shape index (κ1) is 16.9. The lowest BCUT2D eigenvalue weighted by atomic mass is 9.85. The highest BCUT2D eigenvalue weighted by Gasteiger charge is 2.34. The van der Waals surface area contributed by atoms with Gasteiger partial charge in [-0.15, -0.1) is 0 Å². The largest absolute Gasteiger partial charge is 0.496 e. The first-order valence-corrected chi connectivity index (χ1v) is 9.85. The van der Waals surface area contributed by atoms with Crippen LogP contribution in [0.4, 0.5) is 5.82 Å². The fraction of sp³-hybridized carbons (Fsp3) is 0.190. The average Bonchev–Trinajstić information content (AvgIpc) is 3.28. The molecule has 1 aliphatic rings. The summed E-state index contributed by atoms with van der Waals surface area (Å²) in [5.41, 5.74) is 3.81. The number of aromatic nitrogens is 3. The number of thiazole rings is 1. The average molecular weight is 390 g/mol. The highest BCUT2D eigenvalue weighted by molar-refractivity contribution is 7.20. The Morgan fingerprint density at radius 3 is 2.79 bits per heavy atom. The van der Waals surface area contributed by atoms with Crippen LogP contribution >= 0.6 is 11.3 Å². The number of aryl methyl sites for hydroxylation is 1. The van der Waals surface area contributed by atoms with Crippen molar-refractivity contribution < 1.29 is 9.53 Å². The molecule has 3 heterocycles. The quantitative estimate of drug-likeness (QED) is 0.567. The summed E-state index contributed by atoms with van der Waals surface area (Å²) in [4.78, 5) is 17.3. The van der Waals surface area contributed by atoms with Gasteiger partial charge in [-0.2, -0.15) is 9.78 Å². The van der Waals surface area contributed by atoms with E-state index in [0.29, 0.717) is 12.2 Å². The van der Waals surface area contributed by atoms with Gasteiger partial charge in [-0.3, -0.25) is 4.79 Å². The Morgan fingerprint density at radius 1 is 1.18 bits per heavy atom. The van der Waals surface area contributed by atoms with Crippen LogP contribution in [0.5, 0.6) is 5.75 Å². The molecule has 6 nitrogen and oxygen atoms in total. The van der Waals surface area contributed by atoms with Crippen molar-refractivity contribution in [2.45, 2.75) is 19.3 Å². The van der Waals surface area contributed by atoms with Crippen molar-refractivity contribution in [2.75, 3.05) is 12.4 Å². The molecule has 5 rings (SSSR count). The summed E-state index contributed by atoms with van der Waals surface area (Å²) in [7, 11) is 1.65. The minimum absolute atomic E-state index is 0.0364. The molecule has 2 aromatic carbocycles. The number of fused-ring (bicyclic) bond motifs is 2.